The van der Waals surface area contributed by atoms with Gasteiger partial charge in [0, 0.05) is 5.92 Å². The molecule has 3 rings (SSSR count). The van der Waals surface area contributed by atoms with Gasteiger partial charge in [0.25, 0.3) is 10.0 Å². The third kappa shape index (κ3) is 3.20. The Bertz CT molecular complexity index is 1060. The summed E-state index contributed by atoms with van der Waals surface area (Å²) in [5.41, 5.74) is 1.09. The largest absolute Gasteiger partial charge is 0.347 e. The van der Waals surface area contributed by atoms with Gasteiger partial charge in [0.2, 0.25) is 0 Å². The Morgan fingerprint density at radius 2 is 2.04 bits per heavy atom. The molecule has 1 aromatic carbocycles. The highest BCUT2D eigenvalue weighted by molar-refractivity contribution is 7.92. The molecule has 3 aromatic rings. The van der Waals surface area contributed by atoms with Crippen molar-refractivity contribution < 1.29 is 8.42 Å². The molecule has 132 valence electrons. The number of hydrogen-bond acceptors (Lipinski definition) is 5. The van der Waals surface area contributed by atoms with E-state index in [9.17, 15) is 13.2 Å². The summed E-state index contributed by atoms with van der Waals surface area (Å²) in [5.74, 6) is 0.678. The second kappa shape index (κ2) is 6.20. The minimum Gasteiger partial charge on any atom is -0.331 e. The molecule has 9 nitrogen and oxygen atoms in total. The number of H-pyrrole nitrogens is 2. The first kappa shape index (κ1) is 17.0. The quantitative estimate of drug-likeness (QED) is 0.634. The highest BCUT2D eigenvalue weighted by Crippen LogP contribution is 2.24. The minimum absolute atomic E-state index is 0.0125. The number of benzene rings is 1. The molecular formula is C15H18N6O3S. The molecule has 0 saturated heterocycles. The summed E-state index contributed by atoms with van der Waals surface area (Å²) in [7, 11) is -3.82. The van der Waals surface area contributed by atoms with E-state index in [2.05, 4.69) is 24.9 Å². The Balaban J connectivity index is 1.97. The molecule has 0 aliphatic carbocycles. The number of aromatic nitrogens is 5. The zero-order chi connectivity index (χ0) is 18.2. The van der Waals surface area contributed by atoms with E-state index in [-0.39, 0.29) is 10.9 Å². The van der Waals surface area contributed by atoms with E-state index in [0.29, 0.717) is 22.8 Å². The van der Waals surface area contributed by atoms with Crippen LogP contribution in [0, 0.1) is 6.92 Å². The summed E-state index contributed by atoms with van der Waals surface area (Å²) in [6, 6.07) is 4.99. The highest BCUT2D eigenvalue weighted by Gasteiger charge is 2.20. The van der Waals surface area contributed by atoms with E-state index in [1.165, 1.54) is 17.1 Å². The van der Waals surface area contributed by atoms with Gasteiger partial charge in [0.1, 0.15) is 12.2 Å². The zero-order valence-corrected chi connectivity index (χ0v) is 14.8. The molecule has 0 aliphatic heterocycles. The van der Waals surface area contributed by atoms with Crippen LogP contribution in [0.1, 0.15) is 31.2 Å². The lowest BCUT2D eigenvalue weighted by molar-refractivity contribution is 0.597. The maximum atomic E-state index is 12.6. The predicted molar refractivity (Wildman–Crippen MR) is 92.4 cm³/mol. The molecule has 0 amide bonds. The molecule has 0 radical (unpaired) electrons. The first-order valence-corrected chi connectivity index (χ1v) is 9.07. The van der Waals surface area contributed by atoms with Crippen molar-refractivity contribution in [2.75, 3.05) is 4.72 Å². The Morgan fingerprint density at radius 1 is 1.28 bits per heavy atom. The molecule has 0 atom stereocenters. The van der Waals surface area contributed by atoms with E-state index in [0.717, 1.165) is 0 Å². The van der Waals surface area contributed by atoms with Crippen LogP contribution >= 0.6 is 0 Å². The number of imidazole rings is 1. The normalized spacial score (nSPS) is 11.8. The average molecular weight is 362 g/mol. The van der Waals surface area contributed by atoms with E-state index in [1.54, 1.807) is 25.1 Å². The van der Waals surface area contributed by atoms with Crippen molar-refractivity contribution in [3.63, 3.8) is 0 Å². The predicted octanol–water partition coefficient (Wildman–Crippen LogP) is 1.52. The minimum atomic E-state index is -3.82. The molecule has 0 spiro atoms. The first-order chi connectivity index (χ1) is 11.8. The van der Waals surface area contributed by atoms with Crippen LogP contribution in [0.5, 0.6) is 0 Å². The van der Waals surface area contributed by atoms with Crippen LogP contribution in [-0.4, -0.2) is 33.2 Å². The van der Waals surface area contributed by atoms with Crippen molar-refractivity contribution in [3.8, 4) is 5.69 Å². The Labute approximate surface area is 144 Å². The second-order valence-corrected chi connectivity index (χ2v) is 7.52. The molecule has 0 unspecified atom stereocenters. The summed E-state index contributed by atoms with van der Waals surface area (Å²) < 4.78 is 29.0. The second-order valence-electron chi connectivity index (χ2n) is 5.87. The lowest BCUT2D eigenvalue weighted by atomic mass is 10.1. The number of hydrogen-bond donors (Lipinski definition) is 3. The van der Waals surface area contributed by atoms with Crippen LogP contribution in [0.3, 0.4) is 0 Å². The SMILES string of the molecule is Cc1c(NS(=O)(=O)c2cnc(C(C)C)[nH]2)cccc1-n1cn[nH]c1=O. The lowest BCUT2D eigenvalue weighted by Gasteiger charge is -2.12. The number of sulfonamides is 1. The molecule has 0 bridgehead atoms. The standard InChI is InChI=1S/C15H18N6O3S/c1-9(2)14-16-7-13(18-14)25(23,24)20-11-5-4-6-12(10(11)3)21-8-17-19-15(21)22/h4-9,20H,1-3H3,(H,16,18)(H,19,22). The summed E-state index contributed by atoms with van der Waals surface area (Å²) in [4.78, 5) is 18.6. The van der Waals surface area contributed by atoms with Crippen molar-refractivity contribution >= 4 is 15.7 Å². The van der Waals surface area contributed by atoms with E-state index < -0.39 is 15.7 Å². The molecule has 25 heavy (non-hydrogen) atoms. The molecule has 0 aliphatic rings. The monoisotopic (exact) mass is 362 g/mol. The van der Waals surface area contributed by atoms with Gasteiger partial charge in [-0.25, -0.2) is 19.4 Å². The maximum absolute atomic E-state index is 12.6. The van der Waals surface area contributed by atoms with Crippen molar-refractivity contribution in [2.24, 2.45) is 0 Å². The molecule has 3 N–H and O–H groups in total. The molecule has 0 fully saturated rings. The summed E-state index contributed by atoms with van der Waals surface area (Å²) in [6.07, 6.45) is 2.63. The van der Waals surface area contributed by atoms with Crippen LogP contribution in [0.25, 0.3) is 5.69 Å². The number of rotatable bonds is 5. The van der Waals surface area contributed by atoms with Crippen LogP contribution in [0.15, 0.2) is 40.5 Å². The summed E-state index contributed by atoms with van der Waals surface area (Å²) >= 11 is 0. The summed E-state index contributed by atoms with van der Waals surface area (Å²) in [5, 5.41) is 5.98. The number of aromatic amines is 2. The average Bonchev–Trinajstić information content (AvgIpc) is 3.19. The van der Waals surface area contributed by atoms with Gasteiger partial charge in [-0.2, -0.15) is 13.5 Å². The van der Waals surface area contributed by atoms with Gasteiger partial charge in [-0.05, 0) is 24.6 Å². The van der Waals surface area contributed by atoms with Crippen LogP contribution < -0.4 is 10.4 Å². The first-order valence-electron chi connectivity index (χ1n) is 7.59. The van der Waals surface area contributed by atoms with Gasteiger partial charge >= 0.3 is 5.69 Å². The van der Waals surface area contributed by atoms with Crippen molar-refractivity contribution in [1.82, 2.24) is 24.7 Å². The highest BCUT2D eigenvalue weighted by atomic mass is 32.2. The zero-order valence-electron chi connectivity index (χ0n) is 13.9. The molecule has 10 heteroatoms. The third-order valence-corrected chi connectivity index (χ3v) is 5.04. The van der Waals surface area contributed by atoms with Gasteiger partial charge in [-0.15, -0.1) is 0 Å². The van der Waals surface area contributed by atoms with Crippen LogP contribution in [-0.2, 0) is 10.0 Å². The number of nitrogens with one attached hydrogen (secondary N) is 3. The van der Waals surface area contributed by atoms with Gasteiger partial charge in [-0.1, -0.05) is 19.9 Å². The topological polar surface area (TPSA) is 126 Å². The van der Waals surface area contributed by atoms with Crippen molar-refractivity contribution in [1.29, 1.82) is 0 Å². The van der Waals surface area contributed by atoms with E-state index in [4.69, 9.17) is 0 Å². The fraction of sp³-hybridized carbons (Fsp3) is 0.267. The molecule has 2 heterocycles. The van der Waals surface area contributed by atoms with Gasteiger partial charge in [0.05, 0.1) is 17.6 Å². The van der Waals surface area contributed by atoms with Gasteiger partial charge in [0.15, 0.2) is 5.03 Å². The van der Waals surface area contributed by atoms with Crippen LogP contribution in [0.2, 0.25) is 0 Å². The van der Waals surface area contributed by atoms with Crippen molar-refractivity contribution in [2.45, 2.75) is 31.7 Å². The van der Waals surface area contributed by atoms with Gasteiger partial charge in [-0.3, -0.25) is 4.72 Å². The smallest absolute Gasteiger partial charge is 0.331 e. The van der Waals surface area contributed by atoms with E-state index >= 15 is 0 Å². The fourth-order valence-corrected chi connectivity index (χ4v) is 3.41. The van der Waals surface area contributed by atoms with E-state index in [1.807, 2.05) is 13.8 Å². The van der Waals surface area contributed by atoms with Crippen molar-refractivity contribution in [3.05, 3.63) is 52.6 Å². The molecule has 2 aromatic heterocycles. The Morgan fingerprint density at radius 3 is 2.64 bits per heavy atom. The Kier molecular flexibility index (Phi) is 4.21. The van der Waals surface area contributed by atoms with Crippen LogP contribution in [0.4, 0.5) is 5.69 Å². The number of nitrogens with zero attached hydrogens (tertiary/aromatic N) is 3. The molecular weight excluding hydrogens is 344 g/mol. The van der Waals surface area contributed by atoms with Gasteiger partial charge < -0.3 is 4.98 Å². The Hall–Kier alpha value is -2.88. The molecule has 0 saturated carbocycles. The fourth-order valence-electron chi connectivity index (χ4n) is 2.36. The number of anilines is 1. The third-order valence-electron chi connectivity index (χ3n) is 3.77. The lowest BCUT2D eigenvalue weighted by Crippen LogP contribution is -2.18. The maximum Gasteiger partial charge on any atom is 0.347 e. The summed E-state index contributed by atoms with van der Waals surface area (Å²) in [6.45, 7) is 5.55.